The lowest BCUT2D eigenvalue weighted by molar-refractivity contribution is 0.440. The summed E-state index contributed by atoms with van der Waals surface area (Å²) in [6, 6.07) is 7.78. The Morgan fingerprint density at radius 3 is 2.40 bits per heavy atom. The number of benzene rings is 1. The molecule has 0 radical (unpaired) electrons. The summed E-state index contributed by atoms with van der Waals surface area (Å²) >= 11 is 11.2. The SMILES string of the molecule is CC(C)(C)c1ccccc1O/C(Cl)=C\Cl. The zero-order chi connectivity index (χ0) is 11.5. The van der Waals surface area contributed by atoms with Gasteiger partial charge in [-0.25, -0.2) is 0 Å². The van der Waals surface area contributed by atoms with E-state index in [1.807, 2.05) is 24.3 Å². The minimum atomic E-state index is 0.0140. The molecule has 1 nitrogen and oxygen atoms in total. The molecule has 0 saturated heterocycles. The van der Waals surface area contributed by atoms with Crippen molar-refractivity contribution in [2.45, 2.75) is 26.2 Å². The summed E-state index contributed by atoms with van der Waals surface area (Å²) in [5.41, 5.74) is 2.32. The Hall–Kier alpha value is -0.660. The van der Waals surface area contributed by atoms with E-state index in [1.54, 1.807) is 0 Å². The molecule has 1 rings (SSSR count). The molecule has 0 bridgehead atoms. The van der Waals surface area contributed by atoms with Crippen LogP contribution in [0.4, 0.5) is 0 Å². The number of hydrogen-bond donors (Lipinski definition) is 0. The second-order valence-corrected chi connectivity index (χ2v) is 4.85. The van der Waals surface area contributed by atoms with Crippen molar-refractivity contribution in [1.82, 2.24) is 0 Å². The van der Waals surface area contributed by atoms with Crippen LogP contribution in [0.25, 0.3) is 0 Å². The van der Waals surface area contributed by atoms with Gasteiger partial charge in [0.15, 0.2) is 0 Å². The Kier molecular flexibility index (Phi) is 4.06. The third kappa shape index (κ3) is 3.44. The summed E-state index contributed by atoms with van der Waals surface area (Å²) in [7, 11) is 0. The van der Waals surface area contributed by atoms with Crippen molar-refractivity contribution < 1.29 is 4.74 Å². The molecule has 0 amide bonds. The first kappa shape index (κ1) is 12.4. The lowest BCUT2D eigenvalue weighted by Gasteiger charge is -2.22. The number of halogens is 2. The van der Waals surface area contributed by atoms with Crippen molar-refractivity contribution in [1.29, 1.82) is 0 Å². The monoisotopic (exact) mass is 244 g/mol. The third-order valence-corrected chi connectivity index (χ3v) is 2.48. The summed E-state index contributed by atoms with van der Waals surface area (Å²) in [5.74, 6) is 0.743. The number of ether oxygens (including phenoxy) is 1. The van der Waals surface area contributed by atoms with E-state index in [2.05, 4.69) is 20.8 Å². The minimum absolute atomic E-state index is 0.0140. The number of rotatable bonds is 2. The molecule has 0 heterocycles. The molecule has 0 unspecified atom stereocenters. The molecule has 0 aliphatic heterocycles. The van der Waals surface area contributed by atoms with E-state index in [4.69, 9.17) is 27.9 Å². The van der Waals surface area contributed by atoms with E-state index in [-0.39, 0.29) is 10.6 Å². The van der Waals surface area contributed by atoms with Crippen LogP contribution in [0.5, 0.6) is 5.75 Å². The summed E-state index contributed by atoms with van der Waals surface area (Å²) < 4.78 is 5.42. The van der Waals surface area contributed by atoms with E-state index in [0.29, 0.717) is 0 Å². The molecule has 3 heteroatoms. The van der Waals surface area contributed by atoms with Crippen LogP contribution >= 0.6 is 23.2 Å². The molecular weight excluding hydrogens is 231 g/mol. The quantitative estimate of drug-likeness (QED) is 0.689. The van der Waals surface area contributed by atoms with Gasteiger partial charge < -0.3 is 4.74 Å². The molecule has 0 spiro atoms. The zero-order valence-corrected chi connectivity index (χ0v) is 10.6. The molecule has 0 fully saturated rings. The summed E-state index contributed by atoms with van der Waals surface area (Å²) in [5, 5.41) is 0.174. The van der Waals surface area contributed by atoms with Crippen LogP contribution in [-0.4, -0.2) is 0 Å². The standard InChI is InChI=1S/C12H14Cl2O/c1-12(2,3)9-6-4-5-7-10(9)15-11(14)8-13/h4-8H,1-3H3/b11-8-. The van der Waals surface area contributed by atoms with Crippen molar-refractivity contribution in [2.24, 2.45) is 0 Å². The Morgan fingerprint density at radius 2 is 1.87 bits per heavy atom. The van der Waals surface area contributed by atoms with Crippen molar-refractivity contribution in [3.8, 4) is 5.75 Å². The Labute approximate surface area is 101 Å². The van der Waals surface area contributed by atoms with Gasteiger partial charge >= 0.3 is 0 Å². The fourth-order valence-electron chi connectivity index (χ4n) is 1.30. The third-order valence-electron chi connectivity index (χ3n) is 1.99. The first-order valence-electron chi connectivity index (χ1n) is 4.68. The van der Waals surface area contributed by atoms with Gasteiger partial charge in [-0.1, -0.05) is 50.6 Å². The van der Waals surface area contributed by atoms with Gasteiger partial charge in [-0.2, -0.15) is 0 Å². The van der Waals surface area contributed by atoms with Crippen molar-refractivity contribution in [3.63, 3.8) is 0 Å². The molecule has 1 aromatic carbocycles. The summed E-state index contributed by atoms with van der Waals surface area (Å²) in [6.07, 6.45) is 0. The Bertz CT molecular complexity index is 364. The molecule has 82 valence electrons. The summed E-state index contributed by atoms with van der Waals surface area (Å²) in [4.78, 5) is 0. The molecule has 1 aromatic rings. The van der Waals surface area contributed by atoms with Gasteiger partial charge in [-0.15, -0.1) is 0 Å². The lowest BCUT2D eigenvalue weighted by Crippen LogP contribution is -2.12. The topological polar surface area (TPSA) is 9.23 Å². The average molecular weight is 245 g/mol. The summed E-state index contributed by atoms with van der Waals surface area (Å²) in [6.45, 7) is 6.36. The van der Waals surface area contributed by atoms with Crippen LogP contribution in [-0.2, 0) is 5.41 Å². The van der Waals surface area contributed by atoms with Gasteiger partial charge in [0.1, 0.15) is 5.75 Å². The highest BCUT2D eigenvalue weighted by Gasteiger charge is 2.18. The molecule has 0 atom stereocenters. The van der Waals surface area contributed by atoms with Crippen molar-refractivity contribution >= 4 is 23.2 Å². The predicted molar refractivity (Wildman–Crippen MR) is 65.6 cm³/mol. The lowest BCUT2D eigenvalue weighted by atomic mass is 9.86. The van der Waals surface area contributed by atoms with E-state index in [0.717, 1.165) is 11.3 Å². The van der Waals surface area contributed by atoms with Crippen molar-refractivity contribution in [3.05, 3.63) is 40.6 Å². The highest BCUT2D eigenvalue weighted by atomic mass is 35.5. The maximum Gasteiger partial charge on any atom is 0.205 e. The largest absolute Gasteiger partial charge is 0.444 e. The Morgan fingerprint density at radius 1 is 1.27 bits per heavy atom. The van der Waals surface area contributed by atoms with Gasteiger partial charge in [0, 0.05) is 5.56 Å². The minimum Gasteiger partial charge on any atom is -0.444 e. The maximum atomic E-state index is 5.73. The number of hydrogen-bond acceptors (Lipinski definition) is 1. The zero-order valence-electron chi connectivity index (χ0n) is 9.05. The van der Waals surface area contributed by atoms with E-state index >= 15 is 0 Å². The molecular formula is C12H14Cl2O. The fourth-order valence-corrected chi connectivity index (χ4v) is 1.43. The van der Waals surface area contributed by atoms with Crippen molar-refractivity contribution in [2.75, 3.05) is 0 Å². The first-order valence-corrected chi connectivity index (χ1v) is 5.50. The van der Waals surface area contributed by atoms with Gasteiger partial charge in [0.25, 0.3) is 0 Å². The van der Waals surface area contributed by atoms with Crippen LogP contribution in [0.3, 0.4) is 0 Å². The van der Waals surface area contributed by atoms with Crippen LogP contribution in [0.15, 0.2) is 35.0 Å². The van der Waals surface area contributed by atoms with Gasteiger partial charge in [-0.3, -0.25) is 0 Å². The molecule has 0 saturated carbocycles. The fraction of sp³-hybridized carbons (Fsp3) is 0.333. The molecule has 0 aromatic heterocycles. The predicted octanol–water partition coefficient (Wildman–Crippen LogP) is 4.64. The highest BCUT2D eigenvalue weighted by molar-refractivity contribution is 6.35. The van der Waals surface area contributed by atoms with E-state index in [9.17, 15) is 0 Å². The Balaban J connectivity index is 3.08. The second kappa shape index (κ2) is 4.91. The van der Waals surface area contributed by atoms with E-state index < -0.39 is 0 Å². The van der Waals surface area contributed by atoms with E-state index in [1.165, 1.54) is 5.54 Å². The van der Waals surface area contributed by atoms with Gasteiger partial charge in [-0.05, 0) is 23.1 Å². The number of para-hydroxylation sites is 1. The highest BCUT2D eigenvalue weighted by Crippen LogP contribution is 2.32. The first-order chi connectivity index (χ1) is 6.95. The molecule has 0 aliphatic carbocycles. The molecule has 15 heavy (non-hydrogen) atoms. The second-order valence-electron chi connectivity index (χ2n) is 4.26. The smallest absolute Gasteiger partial charge is 0.205 e. The van der Waals surface area contributed by atoms with Crippen LogP contribution in [0.1, 0.15) is 26.3 Å². The van der Waals surface area contributed by atoms with Crippen LogP contribution in [0.2, 0.25) is 0 Å². The average Bonchev–Trinajstić information content (AvgIpc) is 2.17. The normalized spacial score (nSPS) is 12.7. The maximum absolute atomic E-state index is 5.73. The molecule has 0 aliphatic rings. The van der Waals surface area contributed by atoms with Gasteiger partial charge in [0.05, 0.1) is 5.54 Å². The van der Waals surface area contributed by atoms with Gasteiger partial charge in [0.2, 0.25) is 5.22 Å². The van der Waals surface area contributed by atoms with Crippen LogP contribution < -0.4 is 4.74 Å². The van der Waals surface area contributed by atoms with Crippen LogP contribution in [0, 0.1) is 0 Å². The molecule has 0 N–H and O–H groups in total.